The van der Waals surface area contributed by atoms with Gasteiger partial charge >= 0.3 is 0 Å². The zero-order chi connectivity index (χ0) is 14.7. The number of rotatable bonds is 2. The number of nitrogens with two attached hydrogens (primary N) is 1. The van der Waals surface area contributed by atoms with E-state index in [9.17, 15) is 5.11 Å². The van der Waals surface area contributed by atoms with Gasteiger partial charge in [-0.15, -0.1) is 0 Å². The Kier molecular flexibility index (Phi) is 2.07. The van der Waals surface area contributed by atoms with E-state index in [0.717, 1.165) is 35.5 Å². The van der Waals surface area contributed by atoms with Crippen molar-refractivity contribution in [1.29, 1.82) is 0 Å². The quantitative estimate of drug-likeness (QED) is 0.528. The average molecular weight is 289 g/mol. The van der Waals surface area contributed by atoms with Gasteiger partial charge in [-0.3, -0.25) is 4.99 Å². The Morgan fingerprint density at radius 1 is 1.14 bits per heavy atom. The Hall–Kier alpha value is -0.770. The van der Waals surface area contributed by atoms with Crippen molar-refractivity contribution in [2.45, 2.75) is 44.8 Å². The first-order chi connectivity index (χ1) is 9.81. The Labute approximate surface area is 126 Å². The Morgan fingerprint density at radius 3 is 2.52 bits per heavy atom. The maximum Gasteiger partial charge on any atom is 0.189 e. The van der Waals surface area contributed by atoms with Crippen LogP contribution in [0.1, 0.15) is 33.6 Å². The minimum absolute atomic E-state index is 0.0763. The number of aliphatic hydroxyl groups is 1. The summed E-state index contributed by atoms with van der Waals surface area (Å²) in [5.74, 6) is 6.73. The molecule has 0 radical (unpaired) electrons. The molecule has 9 unspecified atom stereocenters. The first-order valence-electron chi connectivity index (χ1n) is 8.62. The maximum absolute atomic E-state index is 11.4. The van der Waals surface area contributed by atoms with Gasteiger partial charge in [0.1, 0.15) is 0 Å². The van der Waals surface area contributed by atoms with E-state index in [4.69, 9.17) is 5.73 Å². The summed E-state index contributed by atoms with van der Waals surface area (Å²) in [6.07, 6.45) is 2.80. The van der Waals surface area contributed by atoms with Crippen LogP contribution in [-0.2, 0) is 0 Å². The lowest BCUT2D eigenvalue weighted by Crippen LogP contribution is -2.56. The van der Waals surface area contributed by atoms with Crippen LogP contribution in [0.25, 0.3) is 0 Å². The van der Waals surface area contributed by atoms with Gasteiger partial charge in [0, 0.05) is 5.54 Å². The van der Waals surface area contributed by atoms with Crippen LogP contribution in [0.4, 0.5) is 0 Å². The van der Waals surface area contributed by atoms with Crippen molar-refractivity contribution < 1.29 is 5.11 Å². The van der Waals surface area contributed by atoms with Crippen molar-refractivity contribution in [1.82, 2.24) is 5.32 Å². The molecule has 116 valence electrons. The number of nitrogens with zero attached hydrogens (tertiary/aromatic N) is 1. The lowest BCUT2D eigenvalue weighted by molar-refractivity contribution is -0.123. The molecular weight excluding hydrogens is 262 g/mol. The molecular formula is C17H27N3O. The van der Waals surface area contributed by atoms with Crippen LogP contribution in [0.5, 0.6) is 0 Å². The maximum atomic E-state index is 11.4. The molecule has 0 aromatic rings. The Balaban J connectivity index is 1.40. The molecule has 9 atom stereocenters. The van der Waals surface area contributed by atoms with E-state index in [1.165, 1.54) is 12.8 Å². The lowest BCUT2D eigenvalue weighted by Gasteiger charge is -2.51. The minimum atomic E-state index is -0.547. The molecule has 0 aromatic heterocycles. The summed E-state index contributed by atoms with van der Waals surface area (Å²) in [4.78, 5) is 4.54. The molecule has 4 heteroatoms. The highest BCUT2D eigenvalue weighted by molar-refractivity contribution is 5.78. The van der Waals surface area contributed by atoms with Gasteiger partial charge in [-0.1, -0.05) is 0 Å². The van der Waals surface area contributed by atoms with Gasteiger partial charge < -0.3 is 16.2 Å². The van der Waals surface area contributed by atoms with Crippen molar-refractivity contribution in [3.8, 4) is 0 Å². The molecule has 5 rings (SSSR count). The number of aliphatic imine (C=N–C) groups is 1. The van der Waals surface area contributed by atoms with E-state index in [0.29, 0.717) is 24.3 Å². The second-order valence-electron chi connectivity index (χ2n) is 9.40. The van der Waals surface area contributed by atoms with E-state index < -0.39 is 5.60 Å². The molecule has 5 fully saturated rings. The first-order valence-corrected chi connectivity index (χ1v) is 8.62. The predicted molar refractivity (Wildman–Crippen MR) is 81.5 cm³/mol. The van der Waals surface area contributed by atoms with Gasteiger partial charge in [-0.05, 0) is 81.0 Å². The monoisotopic (exact) mass is 289 g/mol. The van der Waals surface area contributed by atoms with Crippen LogP contribution in [0.15, 0.2) is 4.99 Å². The number of hydrogen-bond acceptors (Lipinski definition) is 2. The largest absolute Gasteiger partial charge is 0.387 e. The van der Waals surface area contributed by atoms with E-state index in [1.807, 2.05) is 0 Å². The van der Waals surface area contributed by atoms with Crippen molar-refractivity contribution in [3.05, 3.63) is 0 Å². The summed E-state index contributed by atoms with van der Waals surface area (Å²) in [6, 6.07) is 0. The summed E-state index contributed by atoms with van der Waals surface area (Å²) in [5, 5.41) is 14.6. The predicted octanol–water partition coefficient (Wildman–Crippen LogP) is 1.20. The van der Waals surface area contributed by atoms with E-state index in [-0.39, 0.29) is 5.54 Å². The van der Waals surface area contributed by atoms with E-state index in [1.54, 1.807) is 0 Å². The summed E-state index contributed by atoms with van der Waals surface area (Å²) >= 11 is 0. The first kappa shape index (κ1) is 12.7. The molecule has 0 aromatic carbocycles. The van der Waals surface area contributed by atoms with Crippen molar-refractivity contribution >= 4 is 5.96 Å². The highest BCUT2D eigenvalue weighted by atomic mass is 16.3. The molecule has 21 heavy (non-hydrogen) atoms. The summed E-state index contributed by atoms with van der Waals surface area (Å²) in [7, 11) is 0. The van der Waals surface area contributed by atoms with Gasteiger partial charge in [0.05, 0.1) is 12.1 Å². The fourth-order valence-corrected chi connectivity index (χ4v) is 7.57. The normalized spacial score (nSPS) is 59.0. The van der Waals surface area contributed by atoms with E-state index in [2.05, 4.69) is 31.1 Å². The number of nitrogens with one attached hydrogen (secondary N) is 1. The van der Waals surface area contributed by atoms with Gasteiger partial charge in [0.15, 0.2) is 5.96 Å². The standard InChI is InChI=1S/C17H27N3O/c1-16(2,3)20-15(18)19-6-17(21)13-8-5-9-11-7(8)4-10(13)12(11)14(9)17/h7-14,21H,4-6H2,1-3H3,(H3,18,19,20). The smallest absolute Gasteiger partial charge is 0.189 e. The fraction of sp³-hybridized carbons (Fsp3) is 0.941. The lowest BCUT2D eigenvalue weighted by atomic mass is 9.56. The van der Waals surface area contributed by atoms with Gasteiger partial charge in [-0.25, -0.2) is 0 Å². The zero-order valence-corrected chi connectivity index (χ0v) is 13.2. The molecule has 0 heterocycles. The van der Waals surface area contributed by atoms with Crippen LogP contribution in [-0.4, -0.2) is 28.8 Å². The number of guanidine groups is 1. The summed E-state index contributed by atoms with van der Waals surface area (Å²) in [6.45, 7) is 6.74. The van der Waals surface area contributed by atoms with Crippen LogP contribution in [0.2, 0.25) is 0 Å². The second-order valence-corrected chi connectivity index (χ2v) is 9.40. The number of hydrogen-bond donors (Lipinski definition) is 3. The van der Waals surface area contributed by atoms with Crippen molar-refractivity contribution in [3.63, 3.8) is 0 Å². The molecule has 0 saturated heterocycles. The highest BCUT2D eigenvalue weighted by Gasteiger charge is 2.84. The molecule has 5 aliphatic rings. The van der Waals surface area contributed by atoms with Crippen molar-refractivity contribution in [2.24, 2.45) is 58.1 Å². The molecule has 2 bridgehead atoms. The number of fused-ring (bicyclic) bond motifs is 2. The van der Waals surface area contributed by atoms with Crippen LogP contribution in [0.3, 0.4) is 0 Å². The molecule has 5 aliphatic carbocycles. The van der Waals surface area contributed by atoms with Crippen LogP contribution >= 0.6 is 0 Å². The molecule has 0 amide bonds. The van der Waals surface area contributed by atoms with E-state index >= 15 is 0 Å². The SMILES string of the molecule is CC(C)(C)NC(N)=NCC1(O)C2C3CC4C5C3CC2C5C41. The zero-order valence-electron chi connectivity index (χ0n) is 13.2. The van der Waals surface area contributed by atoms with Crippen LogP contribution in [0, 0.1) is 47.3 Å². The fourth-order valence-electron chi connectivity index (χ4n) is 7.57. The van der Waals surface area contributed by atoms with Gasteiger partial charge in [-0.2, -0.15) is 0 Å². The Bertz CT molecular complexity index is 533. The van der Waals surface area contributed by atoms with Gasteiger partial charge in [0.2, 0.25) is 0 Å². The third-order valence-electron chi connectivity index (χ3n) is 7.52. The summed E-state index contributed by atoms with van der Waals surface area (Å²) < 4.78 is 0. The van der Waals surface area contributed by atoms with Gasteiger partial charge in [0.25, 0.3) is 0 Å². The minimum Gasteiger partial charge on any atom is -0.387 e. The third-order valence-corrected chi connectivity index (χ3v) is 7.52. The average Bonchev–Trinajstić information content (AvgIpc) is 2.83. The molecule has 4 nitrogen and oxygen atoms in total. The summed E-state index contributed by atoms with van der Waals surface area (Å²) in [5.41, 5.74) is 5.39. The third kappa shape index (κ3) is 1.30. The molecule has 5 saturated carbocycles. The highest BCUT2D eigenvalue weighted by Crippen LogP contribution is 2.85. The molecule has 4 N–H and O–H groups in total. The Morgan fingerprint density at radius 2 is 1.81 bits per heavy atom. The molecule has 0 spiro atoms. The van der Waals surface area contributed by atoms with Crippen molar-refractivity contribution in [2.75, 3.05) is 6.54 Å². The van der Waals surface area contributed by atoms with Crippen LogP contribution < -0.4 is 11.1 Å². The topological polar surface area (TPSA) is 70.6 Å². The second kappa shape index (κ2) is 3.42. The molecule has 0 aliphatic heterocycles.